The van der Waals surface area contributed by atoms with Gasteiger partial charge in [-0.25, -0.2) is 0 Å². The van der Waals surface area contributed by atoms with Gasteiger partial charge in [0.15, 0.2) is 7.83 Å². The Morgan fingerprint density at radius 1 is 1.06 bits per heavy atom. The third-order valence-electron chi connectivity index (χ3n) is 4.13. The first kappa shape index (κ1) is 14.4. The minimum absolute atomic E-state index is 0.811. The Balaban J connectivity index is 2.73. The fourth-order valence-corrected chi connectivity index (χ4v) is 17.3. The molecule has 0 saturated carbocycles. The zero-order chi connectivity index (χ0) is 12.1. The van der Waals surface area contributed by atoms with Gasteiger partial charge < -0.3 is 15.9 Å². The maximum Gasteiger partial charge on any atom is 0.179 e. The second-order valence-electron chi connectivity index (χ2n) is 5.61. The minimum Gasteiger partial charge on any atom is -0.420 e. The molecule has 1 aliphatic rings. The van der Waals surface area contributed by atoms with Crippen LogP contribution in [0.5, 0.6) is 0 Å². The zero-order valence-corrected chi connectivity index (χ0v) is 12.9. The van der Waals surface area contributed by atoms with Crippen LogP contribution in [-0.2, 0) is 4.43 Å². The van der Waals surface area contributed by atoms with Crippen LogP contribution in [0, 0.1) is 0 Å². The summed E-state index contributed by atoms with van der Waals surface area (Å²) < 4.78 is 6.37. The van der Waals surface area contributed by atoms with Crippen LogP contribution in [0.1, 0.15) is 19.3 Å². The standard InChI is InChI=1S/C11H28N2OSi2/c1-15(2)9-5-8-14-16(15,10-3-6-12)11-4-7-13/h3-13H2,1-2H3. The van der Waals surface area contributed by atoms with Gasteiger partial charge in [-0.3, -0.25) is 0 Å². The Kier molecular flexibility index (Phi) is 5.66. The molecular weight excluding hydrogens is 232 g/mol. The van der Waals surface area contributed by atoms with E-state index in [4.69, 9.17) is 15.9 Å². The van der Waals surface area contributed by atoms with Gasteiger partial charge in [0.25, 0.3) is 0 Å². The average molecular weight is 261 g/mol. The maximum atomic E-state index is 6.37. The van der Waals surface area contributed by atoms with Gasteiger partial charge in [0, 0.05) is 6.61 Å². The first-order valence-electron chi connectivity index (χ1n) is 6.62. The maximum absolute atomic E-state index is 6.37. The molecule has 0 radical (unpaired) electrons. The van der Waals surface area contributed by atoms with Crippen LogP contribution in [0.25, 0.3) is 0 Å². The molecule has 1 aliphatic heterocycles. The molecule has 1 heterocycles. The molecule has 0 aromatic rings. The van der Waals surface area contributed by atoms with E-state index in [9.17, 15) is 0 Å². The summed E-state index contributed by atoms with van der Waals surface area (Å²) in [7, 11) is -2.61. The summed E-state index contributed by atoms with van der Waals surface area (Å²) in [6, 6.07) is 4.01. The molecule has 3 nitrogen and oxygen atoms in total. The van der Waals surface area contributed by atoms with Crippen LogP contribution < -0.4 is 11.5 Å². The van der Waals surface area contributed by atoms with Crippen molar-refractivity contribution >= 4 is 15.4 Å². The van der Waals surface area contributed by atoms with E-state index in [1.54, 1.807) is 0 Å². The minimum atomic E-state index is -1.47. The number of rotatable bonds is 6. The molecule has 1 saturated heterocycles. The first-order chi connectivity index (χ1) is 7.58. The van der Waals surface area contributed by atoms with Crippen LogP contribution in [0.3, 0.4) is 0 Å². The van der Waals surface area contributed by atoms with E-state index in [1.165, 1.54) is 24.6 Å². The monoisotopic (exact) mass is 260 g/mol. The van der Waals surface area contributed by atoms with Crippen molar-refractivity contribution in [3.63, 3.8) is 0 Å². The van der Waals surface area contributed by atoms with Crippen molar-refractivity contribution in [2.45, 2.75) is 50.5 Å². The Bertz CT molecular complexity index is 204. The molecule has 5 heteroatoms. The Morgan fingerprint density at radius 2 is 1.62 bits per heavy atom. The third-order valence-corrected chi connectivity index (χ3v) is 21.4. The summed E-state index contributed by atoms with van der Waals surface area (Å²) in [5, 5.41) is 0. The average Bonchev–Trinajstić information content (AvgIpc) is 2.26. The highest BCUT2D eigenvalue weighted by Crippen LogP contribution is 2.37. The fourth-order valence-electron chi connectivity index (χ4n) is 2.93. The van der Waals surface area contributed by atoms with E-state index in [1.807, 2.05) is 0 Å². The van der Waals surface area contributed by atoms with Gasteiger partial charge in [0.05, 0.1) is 7.59 Å². The highest BCUT2D eigenvalue weighted by atomic mass is 29.3. The van der Waals surface area contributed by atoms with E-state index < -0.39 is 15.4 Å². The van der Waals surface area contributed by atoms with Crippen molar-refractivity contribution < 1.29 is 4.43 Å². The largest absolute Gasteiger partial charge is 0.420 e. The van der Waals surface area contributed by atoms with Gasteiger partial charge in [-0.1, -0.05) is 19.1 Å². The predicted molar refractivity (Wildman–Crippen MR) is 75.6 cm³/mol. The molecule has 96 valence electrons. The predicted octanol–water partition coefficient (Wildman–Crippen LogP) is 1.84. The molecule has 1 rings (SSSR count). The molecule has 16 heavy (non-hydrogen) atoms. The number of hydrogen-bond acceptors (Lipinski definition) is 3. The quantitative estimate of drug-likeness (QED) is 0.716. The van der Waals surface area contributed by atoms with E-state index in [2.05, 4.69) is 13.1 Å². The molecule has 0 amide bonds. The highest BCUT2D eigenvalue weighted by molar-refractivity contribution is 7.39. The van der Waals surface area contributed by atoms with Crippen molar-refractivity contribution in [1.29, 1.82) is 0 Å². The van der Waals surface area contributed by atoms with Gasteiger partial charge in [-0.15, -0.1) is 0 Å². The lowest BCUT2D eigenvalue weighted by Crippen LogP contribution is -2.63. The first-order valence-corrected chi connectivity index (χ1v) is 13.1. The molecule has 0 unspecified atom stereocenters. The molecular formula is C11H28N2OSi2. The molecule has 0 atom stereocenters. The third kappa shape index (κ3) is 3.16. The summed E-state index contributed by atoms with van der Waals surface area (Å²) in [4.78, 5) is 0. The lowest BCUT2D eigenvalue weighted by Gasteiger charge is -2.47. The zero-order valence-electron chi connectivity index (χ0n) is 10.9. The topological polar surface area (TPSA) is 61.3 Å². The van der Waals surface area contributed by atoms with Crippen LogP contribution in [0.2, 0.25) is 31.2 Å². The van der Waals surface area contributed by atoms with Gasteiger partial charge in [-0.05, 0) is 44.4 Å². The summed E-state index contributed by atoms with van der Waals surface area (Å²) in [5.74, 6) is 0. The second kappa shape index (κ2) is 6.30. The van der Waals surface area contributed by atoms with Crippen molar-refractivity contribution in [3.8, 4) is 0 Å². The SMILES string of the molecule is C[Si]1(C)CCCO[Si]1(CCCN)CCCN. The van der Waals surface area contributed by atoms with Crippen molar-refractivity contribution in [1.82, 2.24) is 0 Å². The molecule has 0 spiro atoms. The summed E-state index contributed by atoms with van der Waals surface area (Å²) in [6.45, 7) is 7.69. The smallest absolute Gasteiger partial charge is 0.179 e. The lowest BCUT2D eigenvalue weighted by atomic mass is 10.5. The Labute approximate surface area is 102 Å². The summed E-state index contributed by atoms with van der Waals surface area (Å²) in [6.07, 6.45) is 3.57. The van der Waals surface area contributed by atoms with Crippen molar-refractivity contribution in [3.05, 3.63) is 0 Å². The Morgan fingerprint density at radius 3 is 2.06 bits per heavy atom. The molecule has 0 bridgehead atoms. The molecule has 0 aromatic heterocycles. The fraction of sp³-hybridized carbons (Fsp3) is 1.00. The van der Waals surface area contributed by atoms with Crippen molar-refractivity contribution in [2.75, 3.05) is 19.7 Å². The molecule has 1 fully saturated rings. The number of hydrogen-bond donors (Lipinski definition) is 2. The van der Waals surface area contributed by atoms with E-state index in [0.29, 0.717) is 0 Å². The van der Waals surface area contributed by atoms with Gasteiger partial charge in [0.1, 0.15) is 0 Å². The Hall–Kier alpha value is 0.314. The summed E-state index contributed by atoms with van der Waals surface area (Å²) in [5.41, 5.74) is 11.4. The van der Waals surface area contributed by atoms with E-state index >= 15 is 0 Å². The molecule has 0 aromatic carbocycles. The lowest BCUT2D eigenvalue weighted by molar-refractivity contribution is 0.297. The van der Waals surface area contributed by atoms with Gasteiger partial charge in [0.2, 0.25) is 0 Å². The molecule has 4 N–H and O–H groups in total. The van der Waals surface area contributed by atoms with Gasteiger partial charge in [-0.2, -0.15) is 0 Å². The molecule has 0 aliphatic carbocycles. The second-order valence-corrected chi connectivity index (χ2v) is 20.0. The van der Waals surface area contributed by atoms with Crippen molar-refractivity contribution in [2.24, 2.45) is 11.5 Å². The van der Waals surface area contributed by atoms with Crippen LogP contribution >= 0.6 is 0 Å². The van der Waals surface area contributed by atoms with Crippen LogP contribution in [0.15, 0.2) is 0 Å². The van der Waals surface area contributed by atoms with E-state index in [-0.39, 0.29) is 0 Å². The highest BCUT2D eigenvalue weighted by Gasteiger charge is 2.50. The van der Waals surface area contributed by atoms with E-state index in [0.717, 1.165) is 32.5 Å². The normalized spacial score (nSPS) is 23.2. The van der Waals surface area contributed by atoms with Crippen LogP contribution in [0.4, 0.5) is 0 Å². The number of nitrogens with two attached hydrogens (primary N) is 2. The van der Waals surface area contributed by atoms with Crippen LogP contribution in [-0.4, -0.2) is 35.1 Å². The summed E-state index contributed by atoms with van der Waals surface area (Å²) >= 11 is 0. The van der Waals surface area contributed by atoms with Gasteiger partial charge >= 0.3 is 0 Å².